The van der Waals surface area contributed by atoms with Crippen LogP contribution in [0.15, 0.2) is 23.1 Å². The van der Waals surface area contributed by atoms with E-state index in [1.54, 1.807) is 0 Å². The summed E-state index contributed by atoms with van der Waals surface area (Å²) in [6.45, 7) is 4.20. The van der Waals surface area contributed by atoms with Gasteiger partial charge in [-0.15, -0.1) is 12.4 Å². The summed E-state index contributed by atoms with van der Waals surface area (Å²) in [7, 11) is -6.10. The summed E-state index contributed by atoms with van der Waals surface area (Å²) in [4.78, 5) is -0.207. The molecule has 7 nitrogen and oxygen atoms in total. The fourth-order valence-electron chi connectivity index (χ4n) is 2.32. The van der Waals surface area contributed by atoms with Gasteiger partial charge in [-0.1, -0.05) is 0 Å². The van der Waals surface area contributed by atoms with Crippen molar-refractivity contribution in [1.82, 2.24) is 9.62 Å². The second-order valence-electron chi connectivity index (χ2n) is 6.01. The number of nitrogens with one attached hydrogen (secondary N) is 2. The van der Waals surface area contributed by atoms with Crippen molar-refractivity contribution >= 4 is 38.1 Å². The van der Waals surface area contributed by atoms with E-state index in [1.165, 1.54) is 31.3 Å². The van der Waals surface area contributed by atoms with Crippen LogP contribution in [0.3, 0.4) is 0 Å². The number of halogens is 2. The lowest BCUT2D eigenvalue weighted by Crippen LogP contribution is -2.38. The predicted molar refractivity (Wildman–Crippen MR) is 97.6 cm³/mol. The third-order valence-electron chi connectivity index (χ3n) is 4.04. The van der Waals surface area contributed by atoms with Gasteiger partial charge in [-0.2, -0.15) is 4.31 Å². The number of anilines is 1. The fourth-order valence-corrected chi connectivity index (χ4v) is 4.43. The number of likely N-dealkylation sites (N-methyl/N-ethyl adjacent to an activating group) is 1. The molecule has 25 heavy (non-hydrogen) atoms. The Morgan fingerprint density at radius 3 is 2.40 bits per heavy atom. The molecule has 0 aromatic heterocycles. The van der Waals surface area contributed by atoms with Crippen molar-refractivity contribution < 1.29 is 21.2 Å². The maximum atomic E-state index is 14.2. The average molecular weight is 416 g/mol. The van der Waals surface area contributed by atoms with Gasteiger partial charge in [0.1, 0.15) is 5.82 Å². The summed E-state index contributed by atoms with van der Waals surface area (Å²) >= 11 is 0. The third kappa shape index (κ3) is 4.82. The molecule has 1 aromatic carbocycles. The highest BCUT2D eigenvalue weighted by molar-refractivity contribution is 7.93. The minimum atomic E-state index is -3.85. The lowest BCUT2D eigenvalue weighted by Gasteiger charge is -2.23. The van der Waals surface area contributed by atoms with Crippen molar-refractivity contribution in [3.63, 3.8) is 0 Å². The molecule has 1 aliphatic heterocycles. The highest BCUT2D eigenvalue weighted by atomic mass is 35.5. The fraction of sp³-hybridized carbons (Fsp3) is 0.571. The number of hydrogen-bond acceptors (Lipinski definition) is 5. The van der Waals surface area contributed by atoms with Crippen molar-refractivity contribution in [3.8, 4) is 0 Å². The first-order chi connectivity index (χ1) is 11.1. The minimum Gasteiger partial charge on any atom is -0.315 e. The Labute approximate surface area is 154 Å². The number of rotatable bonds is 6. The third-order valence-corrected chi connectivity index (χ3v) is 7.69. The first kappa shape index (κ1) is 22.1. The number of hydrogen-bond donors (Lipinski definition) is 2. The largest absolute Gasteiger partial charge is 0.315 e. The summed E-state index contributed by atoms with van der Waals surface area (Å²) < 4.78 is 66.3. The molecule has 1 fully saturated rings. The van der Waals surface area contributed by atoms with Gasteiger partial charge in [-0.25, -0.2) is 21.2 Å². The minimum absolute atomic E-state index is 0. The van der Waals surface area contributed by atoms with Gasteiger partial charge >= 0.3 is 0 Å². The van der Waals surface area contributed by atoms with Crippen molar-refractivity contribution in [1.29, 1.82) is 0 Å². The summed E-state index contributed by atoms with van der Waals surface area (Å²) in [5, 5.41) is 2.34. The predicted octanol–water partition coefficient (Wildman–Crippen LogP) is 1.38. The van der Waals surface area contributed by atoms with E-state index in [0.29, 0.717) is 13.0 Å². The van der Waals surface area contributed by atoms with Crippen LogP contribution in [0.25, 0.3) is 0 Å². The Hall–Kier alpha value is -0.940. The molecular weight excluding hydrogens is 393 g/mol. The van der Waals surface area contributed by atoms with Crippen molar-refractivity contribution in [2.45, 2.75) is 36.5 Å². The highest BCUT2D eigenvalue weighted by Gasteiger charge is 2.30. The molecule has 144 valence electrons. The van der Waals surface area contributed by atoms with E-state index in [2.05, 4.69) is 10.0 Å². The van der Waals surface area contributed by atoms with E-state index in [-0.39, 0.29) is 29.0 Å². The Balaban J connectivity index is 0.00000312. The zero-order valence-electron chi connectivity index (χ0n) is 14.2. The van der Waals surface area contributed by atoms with E-state index in [0.717, 1.165) is 18.7 Å². The molecule has 0 radical (unpaired) electrons. The lowest BCUT2D eigenvalue weighted by molar-refractivity contribution is 0.387. The lowest BCUT2D eigenvalue weighted by atomic mass is 10.3. The number of sulfonamides is 2. The molecule has 2 N–H and O–H groups in total. The molecule has 0 saturated carbocycles. The second kappa shape index (κ2) is 8.17. The molecule has 0 amide bonds. The standard InChI is InChI=1S/C14H22FN3O4S2.ClH/c1-10(2)23(19,20)17-14-5-4-12(8-13(14)15)24(21,22)18(3)11-6-7-16-9-11;/h4-5,8,10-11,16-17H,6-7,9H2,1-3H3;1H. The maximum absolute atomic E-state index is 14.2. The molecule has 0 bridgehead atoms. The van der Waals surface area contributed by atoms with Gasteiger partial charge in [0.15, 0.2) is 0 Å². The number of benzene rings is 1. The summed E-state index contributed by atoms with van der Waals surface area (Å²) in [5.74, 6) is -0.932. The van der Waals surface area contributed by atoms with E-state index in [9.17, 15) is 21.2 Å². The van der Waals surface area contributed by atoms with Crippen LogP contribution in [0, 0.1) is 5.82 Å². The second-order valence-corrected chi connectivity index (χ2v) is 10.2. The molecule has 0 spiro atoms. The molecule has 1 unspecified atom stereocenters. The van der Waals surface area contributed by atoms with Crippen LogP contribution < -0.4 is 10.0 Å². The summed E-state index contributed by atoms with van der Waals surface area (Å²) in [5.41, 5.74) is -0.271. The Bertz CT molecular complexity index is 809. The van der Waals surface area contributed by atoms with Crippen LogP contribution in [-0.2, 0) is 20.0 Å². The van der Waals surface area contributed by atoms with Gasteiger partial charge in [0.2, 0.25) is 20.0 Å². The summed E-state index contributed by atoms with van der Waals surface area (Å²) in [6.07, 6.45) is 0.685. The van der Waals surface area contributed by atoms with Crippen LogP contribution in [0.2, 0.25) is 0 Å². The molecule has 1 aromatic rings. The Morgan fingerprint density at radius 1 is 1.28 bits per heavy atom. The van der Waals surface area contributed by atoms with Crippen molar-refractivity contribution in [2.75, 3.05) is 24.9 Å². The van der Waals surface area contributed by atoms with Crippen LogP contribution in [0.5, 0.6) is 0 Å². The topological polar surface area (TPSA) is 95.6 Å². The smallest absolute Gasteiger partial charge is 0.243 e. The van der Waals surface area contributed by atoms with Crippen molar-refractivity contribution in [2.24, 2.45) is 0 Å². The van der Waals surface area contributed by atoms with Crippen molar-refractivity contribution in [3.05, 3.63) is 24.0 Å². The molecule has 1 atom stereocenters. The average Bonchev–Trinajstić information content (AvgIpc) is 3.02. The van der Waals surface area contributed by atoms with E-state index in [1.807, 2.05) is 0 Å². The molecule has 0 aliphatic carbocycles. The quantitative estimate of drug-likeness (QED) is 0.731. The molecule has 11 heteroatoms. The molecule has 1 aliphatic rings. The maximum Gasteiger partial charge on any atom is 0.243 e. The SMILES string of the molecule is CC(C)S(=O)(=O)Nc1ccc(S(=O)(=O)N(C)C2CCNC2)cc1F.Cl. The highest BCUT2D eigenvalue weighted by Crippen LogP contribution is 2.24. The Morgan fingerprint density at radius 2 is 1.92 bits per heavy atom. The zero-order chi connectivity index (χ0) is 18.1. The van der Waals surface area contributed by atoms with Gasteiger partial charge in [0.25, 0.3) is 0 Å². The molecule has 1 heterocycles. The molecular formula is C14H23ClFN3O4S2. The normalized spacial score (nSPS) is 18.4. The number of nitrogens with zero attached hydrogens (tertiary/aromatic N) is 1. The monoisotopic (exact) mass is 415 g/mol. The first-order valence-electron chi connectivity index (χ1n) is 7.55. The van der Waals surface area contributed by atoms with Crippen LogP contribution >= 0.6 is 12.4 Å². The van der Waals surface area contributed by atoms with E-state index >= 15 is 0 Å². The zero-order valence-corrected chi connectivity index (χ0v) is 16.6. The van der Waals surface area contributed by atoms with Crippen LogP contribution in [0.1, 0.15) is 20.3 Å². The molecule has 1 saturated heterocycles. The summed E-state index contributed by atoms with van der Waals surface area (Å²) in [6, 6.07) is 2.99. The van der Waals surface area contributed by atoms with Gasteiger partial charge < -0.3 is 5.32 Å². The van der Waals surface area contributed by atoms with E-state index < -0.39 is 31.1 Å². The van der Waals surface area contributed by atoms with E-state index in [4.69, 9.17) is 0 Å². The molecule has 2 rings (SSSR count). The Kier molecular flexibility index (Phi) is 7.22. The van der Waals surface area contributed by atoms with Crippen LogP contribution in [0.4, 0.5) is 10.1 Å². The van der Waals surface area contributed by atoms with Gasteiger partial charge in [-0.05, 0) is 45.0 Å². The van der Waals surface area contributed by atoms with Gasteiger partial charge in [-0.3, -0.25) is 4.72 Å². The van der Waals surface area contributed by atoms with Gasteiger partial charge in [0.05, 0.1) is 15.8 Å². The first-order valence-corrected chi connectivity index (χ1v) is 10.5. The van der Waals surface area contributed by atoms with Gasteiger partial charge in [0, 0.05) is 19.6 Å². The van der Waals surface area contributed by atoms with Crippen LogP contribution in [-0.4, -0.2) is 52.6 Å².